The number of hydrogen-bond donors (Lipinski definition) is 0. The summed E-state index contributed by atoms with van der Waals surface area (Å²) in [6.07, 6.45) is 4.73. The van der Waals surface area contributed by atoms with Crippen molar-refractivity contribution in [3.8, 4) is 5.75 Å². The number of benzene rings is 1. The first kappa shape index (κ1) is 12.0. The van der Waals surface area contributed by atoms with E-state index in [2.05, 4.69) is 12.0 Å². The Morgan fingerprint density at radius 3 is 2.76 bits per heavy atom. The fourth-order valence-electron chi connectivity index (χ4n) is 1.52. The van der Waals surface area contributed by atoms with Gasteiger partial charge in [0, 0.05) is 11.6 Å². The number of aromatic nitrogens is 2. The third-order valence-electron chi connectivity index (χ3n) is 2.38. The molecule has 90 valence electrons. The van der Waals surface area contributed by atoms with Crippen LogP contribution < -0.4 is 4.74 Å². The van der Waals surface area contributed by atoms with E-state index in [1.807, 2.05) is 35.1 Å². The van der Waals surface area contributed by atoms with Crippen molar-refractivity contribution in [3.05, 3.63) is 47.2 Å². The fraction of sp³-hybridized carbons (Fsp3) is 0.308. The molecule has 4 heteroatoms. The molecular weight excluding hydrogens is 236 g/mol. The first-order valence-electron chi connectivity index (χ1n) is 5.67. The van der Waals surface area contributed by atoms with Crippen molar-refractivity contribution in [2.75, 3.05) is 0 Å². The van der Waals surface area contributed by atoms with Crippen molar-refractivity contribution in [1.29, 1.82) is 0 Å². The number of halogens is 1. The summed E-state index contributed by atoms with van der Waals surface area (Å²) >= 11 is 5.81. The predicted octanol–water partition coefficient (Wildman–Crippen LogP) is 3.53. The van der Waals surface area contributed by atoms with Gasteiger partial charge in [0.25, 0.3) is 0 Å². The summed E-state index contributed by atoms with van der Waals surface area (Å²) in [6, 6.07) is 7.64. The number of nitrogens with zero attached hydrogens (tertiary/aromatic N) is 2. The molecule has 0 N–H and O–H groups in total. The quantitative estimate of drug-likeness (QED) is 0.812. The van der Waals surface area contributed by atoms with Gasteiger partial charge in [-0.05, 0) is 24.1 Å². The van der Waals surface area contributed by atoms with Crippen molar-refractivity contribution in [1.82, 2.24) is 9.78 Å². The van der Waals surface area contributed by atoms with Crippen LogP contribution in [0.3, 0.4) is 0 Å². The SMILES string of the molecule is CCCn1cc(OCc2ccc(Cl)cc2)cn1. The molecule has 0 aliphatic carbocycles. The summed E-state index contributed by atoms with van der Waals surface area (Å²) in [6.45, 7) is 3.58. The lowest BCUT2D eigenvalue weighted by Crippen LogP contribution is -1.96. The average molecular weight is 251 g/mol. The highest BCUT2D eigenvalue weighted by Crippen LogP contribution is 2.14. The number of hydrogen-bond acceptors (Lipinski definition) is 2. The highest BCUT2D eigenvalue weighted by atomic mass is 35.5. The molecule has 2 rings (SSSR count). The number of rotatable bonds is 5. The normalized spacial score (nSPS) is 10.5. The smallest absolute Gasteiger partial charge is 0.157 e. The van der Waals surface area contributed by atoms with Crippen LogP contribution in [0.25, 0.3) is 0 Å². The van der Waals surface area contributed by atoms with Crippen LogP contribution in [0, 0.1) is 0 Å². The third kappa shape index (κ3) is 3.49. The van der Waals surface area contributed by atoms with Crippen molar-refractivity contribution >= 4 is 11.6 Å². The van der Waals surface area contributed by atoms with Crippen LogP contribution in [0.5, 0.6) is 5.75 Å². The van der Waals surface area contributed by atoms with Crippen molar-refractivity contribution in [2.24, 2.45) is 0 Å². The molecule has 0 radical (unpaired) electrons. The van der Waals surface area contributed by atoms with E-state index >= 15 is 0 Å². The first-order chi connectivity index (χ1) is 8.28. The lowest BCUT2D eigenvalue weighted by atomic mass is 10.2. The minimum atomic E-state index is 0.537. The predicted molar refractivity (Wildman–Crippen MR) is 68.3 cm³/mol. The Kier molecular flexibility index (Phi) is 4.04. The Hall–Kier alpha value is -1.48. The summed E-state index contributed by atoms with van der Waals surface area (Å²) in [4.78, 5) is 0. The molecule has 0 bridgehead atoms. The molecule has 1 aromatic heterocycles. The van der Waals surface area contributed by atoms with Gasteiger partial charge in [-0.2, -0.15) is 5.10 Å². The minimum Gasteiger partial charge on any atom is -0.486 e. The van der Waals surface area contributed by atoms with Gasteiger partial charge < -0.3 is 4.74 Å². The van der Waals surface area contributed by atoms with E-state index < -0.39 is 0 Å². The second-order valence-electron chi connectivity index (χ2n) is 3.85. The second-order valence-corrected chi connectivity index (χ2v) is 4.29. The maximum atomic E-state index is 5.81. The third-order valence-corrected chi connectivity index (χ3v) is 2.63. The van der Waals surface area contributed by atoms with Crippen molar-refractivity contribution in [2.45, 2.75) is 26.5 Å². The highest BCUT2D eigenvalue weighted by molar-refractivity contribution is 6.30. The molecule has 0 saturated carbocycles. The summed E-state index contributed by atoms with van der Waals surface area (Å²) in [5.74, 6) is 0.799. The molecule has 3 nitrogen and oxygen atoms in total. The maximum absolute atomic E-state index is 5.81. The van der Waals surface area contributed by atoms with Gasteiger partial charge in [0.15, 0.2) is 5.75 Å². The van der Waals surface area contributed by atoms with Gasteiger partial charge in [-0.15, -0.1) is 0 Å². The maximum Gasteiger partial charge on any atom is 0.157 e. The molecule has 0 amide bonds. The molecule has 0 aliphatic rings. The Morgan fingerprint density at radius 2 is 2.06 bits per heavy atom. The van der Waals surface area contributed by atoms with Crippen molar-refractivity contribution in [3.63, 3.8) is 0 Å². The van der Waals surface area contributed by atoms with E-state index in [4.69, 9.17) is 16.3 Å². The second kappa shape index (κ2) is 5.73. The Bertz CT molecular complexity index is 465. The van der Waals surface area contributed by atoms with Crippen molar-refractivity contribution < 1.29 is 4.74 Å². The highest BCUT2D eigenvalue weighted by Gasteiger charge is 1.99. The van der Waals surface area contributed by atoms with Crippen LogP contribution in [0.1, 0.15) is 18.9 Å². The van der Waals surface area contributed by atoms with Crippen LogP contribution in [-0.2, 0) is 13.2 Å². The molecule has 0 fully saturated rings. The zero-order valence-electron chi connectivity index (χ0n) is 9.77. The van der Waals surface area contributed by atoms with Crippen LogP contribution in [0.4, 0.5) is 0 Å². The van der Waals surface area contributed by atoms with Gasteiger partial charge in [-0.1, -0.05) is 30.7 Å². The van der Waals surface area contributed by atoms with Gasteiger partial charge in [-0.25, -0.2) is 0 Å². The molecule has 0 aliphatic heterocycles. The lowest BCUT2D eigenvalue weighted by molar-refractivity contribution is 0.305. The zero-order valence-corrected chi connectivity index (χ0v) is 10.5. The summed E-state index contributed by atoms with van der Waals surface area (Å²) in [5, 5.41) is 4.94. The van der Waals surface area contributed by atoms with Gasteiger partial charge in [0.2, 0.25) is 0 Å². The molecule has 1 heterocycles. The summed E-state index contributed by atoms with van der Waals surface area (Å²) in [5.41, 5.74) is 1.10. The molecular formula is C13H15ClN2O. The molecule has 2 aromatic rings. The number of ether oxygens (including phenoxy) is 1. The van der Waals surface area contributed by atoms with Crippen LogP contribution >= 0.6 is 11.6 Å². The molecule has 0 spiro atoms. The molecule has 17 heavy (non-hydrogen) atoms. The monoisotopic (exact) mass is 250 g/mol. The van der Waals surface area contributed by atoms with Crippen LogP contribution in [-0.4, -0.2) is 9.78 Å². The Morgan fingerprint density at radius 1 is 1.29 bits per heavy atom. The van der Waals surface area contributed by atoms with Gasteiger partial charge in [0.05, 0.1) is 12.4 Å². The topological polar surface area (TPSA) is 27.1 Å². The Balaban J connectivity index is 1.90. The molecule has 1 aromatic carbocycles. The first-order valence-corrected chi connectivity index (χ1v) is 6.05. The Labute approximate surface area is 106 Å². The largest absolute Gasteiger partial charge is 0.486 e. The lowest BCUT2D eigenvalue weighted by Gasteiger charge is -2.03. The molecule has 0 atom stereocenters. The molecule has 0 saturated heterocycles. The van der Waals surface area contributed by atoms with E-state index in [0.717, 1.165) is 29.3 Å². The van der Waals surface area contributed by atoms with Gasteiger partial charge in [-0.3, -0.25) is 4.68 Å². The van der Waals surface area contributed by atoms with E-state index in [0.29, 0.717) is 6.61 Å². The average Bonchev–Trinajstić information content (AvgIpc) is 2.77. The summed E-state index contributed by atoms with van der Waals surface area (Å²) in [7, 11) is 0. The fourth-order valence-corrected chi connectivity index (χ4v) is 1.64. The van der Waals surface area contributed by atoms with E-state index in [-0.39, 0.29) is 0 Å². The van der Waals surface area contributed by atoms with Gasteiger partial charge >= 0.3 is 0 Å². The van der Waals surface area contributed by atoms with E-state index in [1.54, 1.807) is 6.20 Å². The standard InChI is InChI=1S/C13H15ClN2O/c1-2-7-16-9-13(8-15-16)17-10-11-3-5-12(14)6-4-11/h3-6,8-9H,2,7,10H2,1H3. The summed E-state index contributed by atoms with van der Waals surface area (Å²) < 4.78 is 7.52. The molecule has 0 unspecified atom stereocenters. The van der Waals surface area contributed by atoms with Crippen LogP contribution in [0.2, 0.25) is 5.02 Å². The number of aryl methyl sites for hydroxylation is 1. The van der Waals surface area contributed by atoms with E-state index in [1.165, 1.54) is 0 Å². The van der Waals surface area contributed by atoms with Crippen LogP contribution in [0.15, 0.2) is 36.7 Å². The minimum absolute atomic E-state index is 0.537. The zero-order chi connectivity index (χ0) is 12.1. The van der Waals surface area contributed by atoms with E-state index in [9.17, 15) is 0 Å². The van der Waals surface area contributed by atoms with Gasteiger partial charge in [0.1, 0.15) is 6.61 Å².